The van der Waals surface area contributed by atoms with Crippen molar-refractivity contribution in [3.05, 3.63) is 0 Å². The standard InChI is InChI=1S/C14H28N2O3S/c1-12-10-16(11-13(2)19-12)20(17,18)15(3)14-8-6-4-5-7-9-14/h12-14H,4-11H2,1-3H3. The largest absolute Gasteiger partial charge is 0.373 e. The predicted molar refractivity (Wildman–Crippen MR) is 79.8 cm³/mol. The fraction of sp³-hybridized carbons (Fsp3) is 1.00. The van der Waals surface area contributed by atoms with E-state index in [1.165, 1.54) is 12.8 Å². The molecule has 0 bridgehead atoms. The predicted octanol–water partition coefficient (Wildman–Crippen LogP) is 1.99. The number of ether oxygens (including phenoxy) is 1. The van der Waals surface area contributed by atoms with Crippen LogP contribution in [0.5, 0.6) is 0 Å². The number of hydrogen-bond acceptors (Lipinski definition) is 3. The van der Waals surface area contributed by atoms with Gasteiger partial charge < -0.3 is 4.74 Å². The minimum atomic E-state index is -3.36. The summed E-state index contributed by atoms with van der Waals surface area (Å²) < 4.78 is 34.4. The molecular formula is C14H28N2O3S. The van der Waals surface area contributed by atoms with Crippen LogP contribution in [0.1, 0.15) is 52.4 Å². The first kappa shape index (κ1) is 16.2. The molecule has 1 saturated carbocycles. The lowest BCUT2D eigenvalue weighted by Gasteiger charge is -2.38. The van der Waals surface area contributed by atoms with E-state index < -0.39 is 10.2 Å². The second-order valence-corrected chi connectivity index (χ2v) is 8.23. The Labute approximate surface area is 123 Å². The van der Waals surface area contributed by atoms with E-state index in [2.05, 4.69) is 0 Å². The summed E-state index contributed by atoms with van der Waals surface area (Å²) >= 11 is 0. The summed E-state index contributed by atoms with van der Waals surface area (Å²) in [6.07, 6.45) is 6.66. The molecule has 2 unspecified atom stereocenters. The van der Waals surface area contributed by atoms with Crippen LogP contribution in [0, 0.1) is 0 Å². The Balaban J connectivity index is 2.07. The van der Waals surface area contributed by atoms with Crippen molar-refractivity contribution in [1.82, 2.24) is 8.61 Å². The summed E-state index contributed by atoms with van der Waals surface area (Å²) in [5.41, 5.74) is 0. The van der Waals surface area contributed by atoms with E-state index in [0.29, 0.717) is 13.1 Å². The van der Waals surface area contributed by atoms with Gasteiger partial charge in [-0.15, -0.1) is 0 Å². The van der Waals surface area contributed by atoms with Crippen molar-refractivity contribution in [2.45, 2.75) is 70.6 Å². The first-order valence-electron chi connectivity index (χ1n) is 7.80. The van der Waals surface area contributed by atoms with Crippen LogP contribution in [0.4, 0.5) is 0 Å². The molecule has 1 saturated heterocycles. The van der Waals surface area contributed by atoms with Gasteiger partial charge in [0.2, 0.25) is 0 Å². The topological polar surface area (TPSA) is 49.9 Å². The molecule has 0 aromatic carbocycles. The Bertz CT molecular complexity index is 395. The summed E-state index contributed by atoms with van der Waals surface area (Å²) in [7, 11) is -1.61. The van der Waals surface area contributed by atoms with Gasteiger partial charge in [-0.05, 0) is 26.7 Å². The van der Waals surface area contributed by atoms with Crippen molar-refractivity contribution in [1.29, 1.82) is 0 Å². The van der Waals surface area contributed by atoms with Gasteiger partial charge in [0.1, 0.15) is 0 Å². The van der Waals surface area contributed by atoms with Crippen molar-refractivity contribution in [3.8, 4) is 0 Å². The number of morpholine rings is 1. The maximum absolute atomic E-state index is 12.8. The second-order valence-electron chi connectivity index (χ2n) is 6.24. The van der Waals surface area contributed by atoms with E-state index in [1.54, 1.807) is 15.7 Å². The van der Waals surface area contributed by atoms with Gasteiger partial charge in [0, 0.05) is 26.2 Å². The highest BCUT2D eigenvalue weighted by Gasteiger charge is 2.36. The van der Waals surface area contributed by atoms with Crippen LogP contribution in [0.15, 0.2) is 0 Å². The maximum Gasteiger partial charge on any atom is 0.282 e. The van der Waals surface area contributed by atoms with Gasteiger partial charge in [0.15, 0.2) is 0 Å². The molecule has 0 radical (unpaired) electrons. The minimum absolute atomic E-state index is 0.0314. The monoisotopic (exact) mass is 304 g/mol. The van der Waals surface area contributed by atoms with Crippen molar-refractivity contribution in [2.24, 2.45) is 0 Å². The van der Waals surface area contributed by atoms with Crippen LogP contribution in [0.2, 0.25) is 0 Å². The van der Waals surface area contributed by atoms with Crippen LogP contribution >= 0.6 is 0 Å². The van der Waals surface area contributed by atoms with Crippen LogP contribution in [-0.2, 0) is 14.9 Å². The lowest BCUT2D eigenvalue weighted by atomic mass is 10.1. The quantitative estimate of drug-likeness (QED) is 0.749. The number of hydrogen-bond donors (Lipinski definition) is 0. The van der Waals surface area contributed by atoms with Crippen LogP contribution < -0.4 is 0 Å². The molecule has 2 rings (SSSR count). The Kier molecular flexibility index (Phi) is 5.45. The fourth-order valence-corrected chi connectivity index (χ4v) is 5.06. The summed E-state index contributed by atoms with van der Waals surface area (Å²) in [5, 5.41) is 0. The third kappa shape index (κ3) is 3.72. The highest BCUT2D eigenvalue weighted by Crippen LogP contribution is 2.25. The molecule has 2 atom stereocenters. The third-order valence-corrected chi connectivity index (χ3v) is 6.39. The zero-order valence-corrected chi connectivity index (χ0v) is 13.7. The molecule has 118 valence electrons. The van der Waals surface area contributed by atoms with Gasteiger partial charge in [0.25, 0.3) is 10.2 Å². The van der Waals surface area contributed by atoms with Crippen LogP contribution in [0.3, 0.4) is 0 Å². The summed E-state index contributed by atoms with van der Waals surface area (Å²) in [6.45, 7) is 4.79. The molecule has 2 fully saturated rings. The second kappa shape index (κ2) is 6.73. The molecule has 1 aliphatic heterocycles. The average molecular weight is 304 g/mol. The number of rotatable bonds is 3. The Hall–Kier alpha value is -0.170. The van der Waals surface area contributed by atoms with Crippen molar-refractivity contribution in [2.75, 3.05) is 20.1 Å². The lowest BCUT2D eigenvalue weighted by Crippen LogP contribution is -2.54. The molecule has 0 amide bonds. The molecule has 0 aromatic rings. The summed E-state index contributed by atoms with van der Waals surface area (Å²) in [5.74, 6) is 0. The smallest absolute Gasteiger partial charge is 0.282 e. The van der Waals surface area contributed by atoms with Crippen LogP contribution in [0.25, 0.3) is 0 Å². The lowest BCUT2D eigenvalue weighted by molar-refractivity contribution is -0.0456. The van der Waals surface area contributed by atoms with E-state index in [1.807, 2.05) is 13.8 Å². The molecule has 1 heterocycles. The first-order chi connectivity index (χ1) is 9.41. The van der Waals surface area contributed by atoms with Gasteiger partial charge in [-0.2, -0.15) is 17.0 Å². The third-order valence-electron chi connectivity index (χ3n) is 4.42. The van der Waals surface area contributed by atoms with E-state index in [9.17, 15) is 8.42 Å². The zero-order chi connectivity index (χ0) is 14.8. The van der Waals surface area contributed by atoms with Crippen LogP contribution in [-0.4, -0.2) is 55.4 Å². The Morgan fingerprint density at radius 3 is 2.00 bits per heavy atom. The molecule has 2 aliphatic rings. The van der Waals surface area contributed by atoms with E-state index in [-0.39, 0.29) is 18.2 Å². The van der Waals surface area contributed by atoms with Crippen molar-refractivity contribution >= 4 is 10.2 Å². The van der Waals surface area contributed by atoms with Gasteiger partial charge in [-0.25, -0.2) is 0 Å². The van der Waals surface area contributed by atoms with Gasteiger partial charge >= 0.3 is 0 Å². The van der Waals surface area contributed by atoms with E-state index in [0.717, 1.165) is 25.7 Å². The molecule has 5 nitrogen and oxygen atoms in total. The highest BCUT2D eigenvalue weighted by molar-refractivity contribution is 7.86. The molecular weight excluding hydrogens is 276 g/mol. The summed E-state index contributed by atoms with van der Waals surface area (Å²) in [4.78, 5) is 0. The van der Waals surface area contributed by atoms with Crippen molar-refractivity contribution < 1.29 is 13.2 Å². The zero-order valence-electron chi connectivity index (χ0n) is 12.9. The van der Waals surface area contributed by atoms with Gasteiger partial charge in [0.05, 0.1) is 12.2 Å². The highest BCUT2D eigenvalue weighted by atomic mass is 32.2. The molecule has 1 aliphatic carbocycles. The molecule has 0 N–H and O–H groups in total. The maximum atomic E-state index is 12.8. The molecule has 0 spiro atoms. The van der Waals surface area contributed by atoms with E-state index in [4.69, 9.17) is 4.74 Å². The summed E-state index contributed by atoms with van der Waals surface area (Å²) in [6, 6.07) is 0.163. The normalized spacial score (nSPS) is 31.4. The first-order valence-corrected chi connectivity index (χ1v) is 9.19. The fourth-order valence-electron chi connectivity index (χ4n) is 3.31. The molecule has 6 heteroatoms. The van der Waals surface area contributed by atoms with Gasteiger partial charge in [-0.1, -0.05) is 25.7 Å². The number of nitrogens with zero attached hydrogens (tertiary/aromatic N) is 2. The average Bonchev–Trinajstić information content (AvgIpc) is 2.65. The Morgan fingerprint density at radius 2 is 1.50 bits per heavy atom. The van der Waals surface area contributed by atoms with Gasteiger partial charge in [-0.3, -0.25) is 0 Å². The van der Waals surface area contributed by atoms with Crippen molar-refractivity contribution in [3.63, 3.8) is 0 Å². The molecule has 0 aromatic heterocycles. The van der Waals surface area contributed by atoms with E-state index >= 15 is 0 Å². The SMILES string of the molecule is CC1CN(S(=O)(=O)N(C)C2CCCCCC2)CC(C)O1. The Morgan fingerprint density at radius 1 is 1.00 bits per heavy atom. The molecule has 20 heavy (non-hydrogen) atoms. The minimum Gasteiger partial charge on any atom is -0.373 e.